The van der Waals surface area contributed by atoms with Gasteiger partial charge in [0, 0.05) is 18.7 Å². The maximum atomic E-state index is 13.3. The molecule has 4 nitrogen and oxygen atoms in total. The van der Waals surface area contributed by atoms with Crippen LogP contribution in [0.25, 0.3) is 0 Å². The zero-order valence-corrected chi connectivity index (χ0v) is 14.8. The quantitative estimate of drug-likeness (QED) is 0.617. The summed E-state index contributed by atoms with van der Waals surface area (Å²) in [5.74, 6) is 0.0376. The molecule has 1 aliphatic rings. The van der Waals surface area contributed by atoms with Crippen molar-refractivity contribution in [1.82, 2.24) is 4.90 Å². The number of hydrogen-bond donors (Lipinski definition) is 0. The van der Waals surface area contributed by atoms with Crippen LogP contribution in [-0.4, -0.2) is 32.2 Å². The first-order valence-corrected chi connectivity index (χ1v) is 9.91. The van der Waals surface area contributed by atoms with Crippen molar-refractivity contribution >= 4 is 15.9 Å². The van der Waals surface area contributed by atoms with Crippen LogP contribution in [0.5, 0.6) is 0 Å². The minimum absolute atomic E-state index is 0.157. The Kier molecular flexibility index (Phi) is 5.48. The number of nitrogens with zero attached hydrogens (tertiary/aromatic N) is 2. The Balaban J connectivity index is 2.05. The van der Waals surface area contributed by atoms with Crippen LogP contribution in [0, 0.1) is 5.82 Å². The van der Waals surface area contributed by atoms with Gasteiger partial charge in [-0.2, -0.15) is 8.42 Å². The van der Waals surface area contributed by atoms with Crippen LogP contribution in [0.2, 0.25) is 0 Å². The fourth-order valence-electron chi connectivity index (χ4n) is 2.93. The number of likely N-dealkylation sites (tertiary alicyclic amines) is 1. The van der Waals surface area contributed by atoms with Crippen LogP contribution >= 0.6 is 0 Å². The van der Waals surface area contributed by atoms with Crippen molar-refractivity contribution in [2.45, 2.75) is 30.6 Å². The average molecular weight is 360 g/mol. The Bertz CT molecular complexity index is 825. The van der Waals surface area contributed by atoms with Crippen molar-refractivity contribution in [2.24, 2.45) is 4.40 Å². The summed E-state index contributed by atoms with van der Waals surface area (Å²) >= 11 is 0. The van der Waals surface area contributed by atoms with E-state index < -0.39 is 10.0 Å². The van der Waals surface area contributed by atoms with Gasteiger partial charge in [-0.15, -0.1) is 4.40 Å². The van der Waals surface area contributed by atoms with Gasteiger partial charge in [-0.25, -0.2) is 4.39 Å². The first-order valence-electron chi connectivity index (χ1n) is 8.47. The molecule has 0 N–H and O–H groups in total. The third kappa shape index (κ3) is 4.45. The molecule has 0 aliphatic carbocycles. The first kappa shape index (κ1) is 17.6. The van der Waals surface area contributed by atoms with Gasteiger partial charge >= 0.3 is 0 Å². The minimum Gasteiger partial charge on any atom is -0.355 e. The number of sulfonamides is 1. The topological polar surface area (TPSA) is 49.7 Å². The second-order valence-corrected chi connectivity index (χ2v) is 7.72. The van der Waals surface area contributed by atoms with Crippen molar-refractivity contribution in [3.63, 3.8) is 0 Å². The number of halogens is 1. The Morgan fingerprint density at radius 1 is 0.880 bits per heavy atom. The minimum atomic E-state index is -3.83. The molecule has 0 aromatic heterocycles. The predicted octanol–water partition coefficient (Wildman–Crippen LogP) is 3.84. The maximum Gasteiger partial charge on any atom is 0.284 e. The van der Waals surface area contributed by atoms with E-state index in [-0.39, 0.29) is 10.7 Å². The smallest absolute Gasteiger partial charge is 0.284 e. The van der Waals surface area contributed by atoms with E-state index in [1.165, 1.54) is 24.3 Å². The highest BCUT2D eigenvalue weighted by Crippen LogP contribution is 2.19. The van der Waals surface area contributed by atoms with E-state index in [9.17, 15) is 12.8 Å². The monoisotopic (exact) mass is 360 g/mol. The maximum absolute atomic E-state index is 13.3. The molecule has 0 bridgehead atoms. The van der Waals surface area contributed by atoms with Gasteiger partial charge in [-0.3, -0.25) is 0 Å². The van der Waals surface area contributed by atoms with Gasteiger partial charge in [0.15, 0.2) is 0 Å². The van der Waals surface area contributed by atoms with Crippen LogP contribution in [0.3, 0.4) is 0 Å². The molecule has 0 amide bonds. The molecule has 132 valence electrons. The molecule has 2 aromatic rings. The van der Waals surface area contributed by atoms with Crippen molar-refractivity contribution in [3.8, 4) is 0 Å². The van der Waals surface area contributed by atoms with Crippen molar-refractivity contribution in [1.29, 1.82) is 0 Å². The second-order valence-electron chi connectivity index (χ2n) is 6.11. The summed E-state index contributed by atoms with van der Waals surface area (Å²) in [5.41, 5.74) is 0.614. The lowest BCUT2D eigenvalue weighted by Gasteiger charge is -2.24. The third-order valence-electron chi connectivity index (χ3n) is 4.26. The van der Waals surface area contributed by atoms with Crippen molar-refractivity contribution in [3.05, 3.63) is 66.0 Å². The zero-order valence-electron chi connectivity index (χ0n) is 13.9. The van der Waals surface area contributed by atoms with Crippen LogP contribution in [-0.2, 0) is 10.0 Å². The van der Waals surface area contributed by atoms with Gasteiger partial charge in [-0.1, -0.05) is 31.0 Å². The Morgan fingerprint density at radius 3 is 2.08 bits per heavy atom. The molecule has 1 saturated heterocycles. The van der Waals surface area contributed by atoms with E-state index in [2.05, 4.69) is 4.40 Å². The summed E-state index contributed by atoms with van der Waals surface area (Å²) in [6, 6.07) is 14.0. The average Bonchev–Trinajstić information content (AvgIpc) is 2.91. The summed E-state index contributed by atoms with van der Waals surface area (Å²) in [6.45, 7) is 1.50. The molecule has 25 heavy (non-hydrogen) atoms. The Morgan fingerprint density at radius 2 is 1.48 bits per heavy atom. The van der Waals surface area contributed by atoms with Gasteiger partial charge in [0.2, 0.25) is 0 Å². The highest BCUT2D eigenvalue weighted by atomic mass is 32.2. The Hall–Kier alpha value is -2.21. The van der Waals surface area contributed by atoms with Crippen LogP contribution in [0.15, 0.2) is 63.9 Å². The van der Waals surface area contributed by atoms with Gasteiger partial charge < -0.3 is 4.90 Å². The lowest BCUT2D eigenvalue weighted by molar-refractivity contribution is 0.436. The number of benzene rings is 2. The first-order chi connectivity index (χ1) is 12.1. The lowest BCUT2D eigenvalue weighted by atomic mass is 10.2. The molecule has 0 radical (unpaired) electrons. The van der Waals surface area contributed by atoms with E-state index in [0.29, 0.717) is 11.4 Å². The molecule has 2 aromatic carbocycles. The predicted molar refractivity (Wildman–Crippen MR) is 96.6 cm³/mol. The summed E-state index contributed by atoms with van der Waals surface area (Å²) in [6.07, 6.45) is 4.23. The molecule has 1 aliphatic heterocycles. The van der Waals surface area contributed by atoms with E-state index in [4.69, 9.17) is 0 Å². The summed E-state index contributed by atoms with van der Waals surface area (Å²) in [7, 11) is -3.83. The zero-order chi connectivity index (χ0) is 17.7. The number of rotatable bonds is 3. The molecule has 0 spiro atoms. The molecular weight excluding hydrogens is 339 g/mol. The molecule has 0 atom stereocenters. The molecular formula is C19H21FN2O2S. The molecule has 0 saturated carbocycles. The fraction of sp³-hybridized carbons (Fsp3) is 0.316. The second kappa shape index (κ2) is 7.78. The van der Waals surface area contributed by atoms with Gasteiger partial charge in [0.25, 0.3) is 10.0 Å². The van der Waals surface area contributed by atoms with Gasteiger partial charge in [0.05, 0.1) is 4.90 Å². The van der Waals surface area contributed by atoms with E-state index in [1.54, 1.807) is 30.3 Å². The molecule has 1 fully saturated rings. The molecule has 3 rings (SSSR count). The van der Waals surface area contributed by atoms with Gasteiger partial charge in [0.1, 0.15) is 11.7 Å². The number of hydrogen-bond acceptors (Lipinski definition) is 2. The van der Waals surface area contributed by atoms with E-state index in [1.807, 2.05) is 4.90 Å². The normalized spacial score (nSPS) is 16.5. The fourth-order valence-corrected chi connectivity index (χ4v) is 3.99. The summed E-state index contributed by atoms with van der Waals surface area (Å²) < 4.78 is 42.9. The van der Waals surface area contributed by atoms with E-state index >= 15 is 0 Å². The molecule has 6 heteroatoms. The molecule has 1 heterocycles. The largest absolute Gasteiger partial charge is 0.355 e. The Labute approximate surface area is 148 Å². The highest BCUT2D eigenvalue weighted by molar-refractivity contribution is 7.90. The van der Waals surface area contributed by atoms with Crippen LogP contribution in [0.4, 0.5) is 4.39 Å². The molecule has 0 unspecified atom stereocenters. The lowest BCUT2D eigenvalue weighted by Crippen LogP contribution is -2.33. The highest BCUT2D eigenvalue weighted by Gasteiger charge is 2.21. The van der Waals surface area contributed by atoms with Crippen LogP contribution < -0.4 is 0 Å². The van der Waals surface area contributed by atoms with Crippen molar-refractivity contribution in [2.75, 3.05) is 13.1 Å². The van der Waals surface area contributed by atoms with Gasteiger partial charge in [-0.05, 0) is 49.2 Å². The van der Waals surface area contributed by atoms with Crippen LogP contribution in [0.1, 0.15) is 31.2 Å². The SMILES string of the molecule is O=S(=O)(/N=C(\c1ccc(F)cc1)N1CCCCCC1)c1ccccc1. The standard InChI is InChI=1S/C19H21FN2O2S/c20-17-12-10-16(11-13-17)19(22-14-6-1-2-7-15-22)21-25(23,24)18-8-4-3-5-9-18/h3-5,8-13H,1-2,6-7,14-15H2/b21-19+. The third-order valence-corrected chi connectivity index (χ3v) is 5.54. The van der Waals surface area contributed by atoms with Crippen molar-refractivity contribution < 1.29 is 12.8 Å². The summed E-state index contributed by atoms with van der Waals surface area (Å²) in [5, 5.41) is 0. The number of amidine groups is 1. The van der Waals surface area contributed by atoms with E-state index in [0.717, 1.165) is 38.8 Å². The summed E-state index contributed by atoms with van der Waals surface area (Å²) in [4.78, 5) is 2.16.